The molecular weight excluding hydrogens is 264 g/mol. The van der Waals surface area contributed by atoms with Gasteiger partial charge < -0.3 is 15.4 Å². The first-order valence-corrected chi connectivity index (χ1v) is 5.65. The molecule has 0 aliphatic rings. The summed E-state index contributed by atoms with van der Waals surface area (Å²) in [5.74, 6) is -0.668. The van der Waals surface area contributed by atoms with Gasteiger partial charge >= 0.3 is 5.97 Å². The van der Waals surface area contributed by atoms with Gasteiger partial charge in [0.05, 0.1) is 19.1 Å². The number of nitrogens with two attached hydrogens (primary N) is 1. The minimum atomic E-state index is -0.977. The van der Waals surface area contributed by atoms with Crippen LogP contribution in [-0.4, -0.2) is 45.6 Å². The van der Waals surface area contributed by atoms with Crippen molar-refractivity contribution in [3.8, 4) is 0 Å². The van der Waals surface area contributed by atoms with Crippen molar-refractivity contribution < 1.29 is 9.90 Å². The SMILES string of the molecule is Nc1ncnc2c1ncn2Cc1cn(CC(=O)O)nn1. The van der Waals surface area contributed by atoms with Gasteiger partial charge in [-0.2, -0.15) is 0 Å². The maximum absolute atomic E-state index is 10.6. The highest BCUT2D eigenvalue weighted by Gasteiger charge is 2.10. The largest absolute Gasteiger partial charge is 0.480 e. The number of rotatable bonds is 4. The molecule has 0 unspecified atom stereocenters. The number of carbonyl (C=O) groups is 1. The number of hydrogen-bond acceptors (Lipinski definition) is 7. The maximum atomic E-state index is 10.6. The number of fused-ring (bicyclic) bond motifs is 1. The minimum absolute atomic E-state index is 0.229. The second kappa shape index (κ2) is 4.57. The number of hydrogen-bond donors (Lipinski definition) is 2. The Hall–Kier alpha value is -3.04. The van der Waals surface area contributed by atoms with Crippen LogP contribution in [0.2, 0.25) is 0 Å². The molecular formula is C10H10N8O2. The molecule has 3 rings (SSSR count). The predicted octanol–water partition coefficient (Wildman–Crippen LogP) is -0.867. The standard InChI is InChI=1S/C10H10N8O2/c11-9-8-10(13-4-12-9)17(5-14-8)1-6-2-18(16-15-6)3-7(19)20/h2,4-5H,1,3H2,(H,19,20)(H2,11,12,13). The lowest BCUT2D eigenvalue weighted by molar-refractivity contribution is -0.137. The predicted molar refractivity (Wildman–Crippen MR) is 66.5 cm³/mol. The van der Waals surface area contributed by atoms with Crippen molar-refractivity contribution in [1.82, 2.24) is 34.5 Å². The zero-order chi connectivity index (χ0) is 14.1. The van der Waals surface area contributed by atoms with Crippen LogP contribution in [0.5, 0.6) is 0 Å². The van der Waals surface area contributed by atoms with Crippen molar-refractivity contribution in [3.05, 3.63) is 24.5 Å². The Labute approximate surface area is 111 Å². The Morgan fingerprint density at radius 1 is 1.35 bits per heavy atom. The Morgan fingerprint density at radius 3 is 3.00 bits per heavy atom. The average Bonchev–Trinajstić information content (AvgIpc) is 2.98. The van der Waals surface area contributed by atoms with E-state index in [1.54, 1.807) is 17.1 Å². The quantitative estimate of drug-likeness (QED) is 0.626. The van der Waals surface area contributed by atoms with Gasteiger partial charge in [0, 0.05) is 0 Å². The monoisotopic (exact) mass is 274 g/mol. The minimum Gasteiger partial charge on any atom is -0.480 e. The van der Waals surface area contributed by atoms with Gasteiger partial charge in [-0.1, -0.05) is 5.21 Å². The second-order valence-electron chi connectivity index (χ2n) is 4.10. The van der Waals surface area contributed by atoms with E-state index in [-0.39, 0.29) is 6.54 Å². The summed E-state index contributed by atoms with van der Waals surface area (Å²) >= 11 is 0. The fraction of sp³-hybridized carbons (Fsp3) is 0.200. The molecule has 0 saturated carbocycles. The Balaban J connectivity index is 1.88. The molecule has 3 N–H and O–H groups in total. The number of carboxylic acids is 1. The summed E-state index contributed by atoms with van der Waals surface area (Å²) in [6, 6.07) is 0. The van der Waals surface area contributed by atoms with Gasteiger partial charge in [-0.3, -0.25) is 4.79 Å². The van der Waals surface area contributed by atoms with E-state index in [1.807, 2.05) is 0 Å². The van der Waals surface area contributed by atoms with Crippen LogP contribution in [0.25, 0.3) is 11.2 Å². The molecule has 0 aromatic carbocycles. The molecule has 3 aromatic heterocycles. The molecule has 0 saturated heterocycles. The molecule has 0 aliphatic carbocycles. The Bertz CT molecular complexity index is 777. The first kappa shape index (κ1) is 12.0. The third kappa shape index (κ3) is 2.13. The fourth-order valence-electron chi connectivity index (χ4n) is 1.82. The normalized spacial score (nSPS) is 11.0. The van der Waals surface area contributed by atoms with Crippen LogP contribution in [0.15, 0.2) is 18.9 Å². The lowest BCUT2D eigenvalue weighted by Gasteiger charge is -1.99. The summed E-state index contributed by atoms with van der Waals surface area (Å²) in [6.45, 7) is 0.138. The highest BCUT2D eigenvalue weighted by Crippen LogP contribution is 2.14. The molecule has 10 nitrogen and oxygen atoms in total. The molecule has 0 fully saturated rings. The van der Waals surface area contributed by atoms with Gasteiger partial charge in [0.25, 0.3) is 0 Å². The first-order chi connectivity index (χ1) is 9.63. The summed E-state index contributed by atoms with van der Waals surface area (Å²) in [7, 11) is 0. The number of nitrogens with zero attached hydrogens (tertiary/aromatic N) is 7. The van der Waals surface area contributed by atoms with Crippen LogP contribution in [0.1, 0.15) is 5.69 Å². The van der Waals surface area contributed by atoms with E-state index in [1.165, 1.54) is 11.0 Å². The smallest absolute Gasteiger partial charge is 0.325 e. The molecule has 3 aromatic rings. The van der Waals surface area contributed by atoms with Crippen molar-refractivity contribution >= 4 is 23.0 Å². The van der Waals surface area contributed by atoms with Crippen molar-refractivity contribution in [2.75, 3.05) is 5.73 Å². The van der Waals surface area contributed by atoms with Crippen LogP contribution in [0.3, 0.4) is 0 Å². The summed E-state index contributed by atoms with van der Waals surface area (Å²) in [4.78, 5) is 22.7. The van der Waals surface area contributed by atoms with E-state index in [9.17, 15) is 4.79 Å². The third-order valence-electron chi connectivity index (χ3n) is 2.65. The lowest BCUT2D eigenvalue weighted by atomic mass is 10.4. The molecule has 0 spiro atoms. The van der Waals surface area contributed by atoms with E-state index >= 15 is 0 Å². The van der Waals surface area contributed by atoms with E-state index in [0.717, 1.165) is 0 Å². The number of imidazole rings is 1. The van der Waals surface area contributed by atoms with Gasteiger partial charge in [0.15, 0.2) is 11.5 Å². The van der Waals surface area contributed by atoms with E-state index in [2.05, 4.69) is 25.3 Å². The van der Waals surface area contributed by atoms with Crippen LogP contribution in [0.4, 0.5) is 5.82 Å². The molecule has 0 bridgehead atoms. The topological polar surface area (TPSA) is 138 Å². The maximum Gasteiger partial charge on any atom is 0.325 e. The van der Waals surface area contributed by atoms with Crippen LogP contribution in [0, 0.1) is 0 Å². The van der Waals surface area contributed by atoms with Crippen LogP contribution >= 0.6 is 0 Å². The van der Waals surface area contributed by atoms with Gasteiger partial charge in [-0.25, -0.2) is 19.6 Å². The van der Waals surface area contributed by atoms with Crippen LogP contribution in [-0.2, 0) is 17.9 Å². The van der Waals surface area contributed by atoms with Crippen LogP contribution < -0.4 is 5.73 Å². The molecule has 0 radical (unpaired) electrons. The molecule has 3 heterocycles. The molecule has 0 aliphatic heterocycles. The van der Waals surface area contributed by atoms with Crippen molar-refractivity contribution in [2.45, 2.75) is 13.1 Å². The second-order valence-corrected chi connectivity index (χ2v) is 4.10. The molecule has 10 heteroatoms. The highest BCUT2D eigenvalue weighted by molar-refractivity contribution is 5.81. The van der Waals surface area contributed by atoms with Gasteiger partial charge in [0.1, 0.15) is 24.1 Å². The summed E-state index contributed by atoms with van der Waals surface area (Å²) in [6.07, 6.45) is 4.49. The van der Waals surface area contributed by atoms with Crippen molar-refractivity contribution in [1.29, 1.82) is 0 Å². The number of nitrogen functional groups attached to an aromatic ring is 1. The van der Waals surface area contributed by atoms with Gasteiger partial charge in [-0.15, -0.1) is 5.10 Å². The third-order valence-corrected chi connectivity index (χ3v) is 2.65. The van der Waals surface area contributed by atoms with Crippen molar-refractivity contribution in [2.24, 2.45) is 0 Å². The Morgan fingerprint density at radius 2 is 2.20 bits per heavy atom. The lowest BCUT2D eigenvalue weighted by Crippen LogP contribution is -2.09. The summed E-state index contributed by atoms with van der Waals surface area (Å²) in [5, 5.41) is 16.3. The molecule has 0 amide bonds. The highest BCUT2D eigenvalue weighted by atomic mass is 16.4. The van der Waals surface area contributed by atoms with Crippen molar-refractivity contribution in [3.63, 3.8) is 0 Å². The van der Waals surface area contributed by atoms with E-state index in [4.69, 9.17) is 10.8 Å². The number of anilines is 1. The van der Waals surface area contributed by atoms with E-state index in [0.29, 0.717) is 29.2 Å². The number of aliphatic carboxylic acids is 1. The zero-order valence-corrected chi connectivity index (χ0v) is 10.2. The zero-order valence-electron chi connectivity index (χ0n) is 10.2. The van der Waals surface area contributed by atoms with Gasteiger partial charge in [0.2, 0.25) is 0 Å². The molecule has 20 heavy (non-hydrogen) atoms. The summed E-state index contributed by atoms with van der Waals surface area (Å²) in [5.41, 5.74) is 7.40. The van der Waals surface area contributed by atoms with Gasteiger partial charge in [-0.05, 0) is 0 Å². The number of aromatic nitrogens is 7. The van der Waals surface area contributed by atoms with E-state index < -0.39 is 5.97 Å². The summed E-state index contributed by atoms with van der Waals surface area (Å²) < 4.78 is 2.99. The average molecular weight is 274 g/mol. The first-order valence-electron chi connectivity index (χ1n) is 5.65. The Kier molecular flexibility index (Phi) is 2.75. The molecule has 0 atom stereocenters. The molecule has 102 valence electrons. The number of carboxylic acid groups (broad SMARTS) is 1. The fourth-order valence-corrected chi connectivity index (χ4v) is 1.82.